The monoisotopic (exact) mass is 401 g/mol. The molecule has 0 spiro atoms. The number of aryl methyl sites for hydroxylation is 1. The molecule has 0 amide bonds. The van der Waals surface area contributed by atoms with Gasteiger partial charge in [0.15, 0.2) is 0 Å². The fourth-order valence-electron chi connectivity index (χ4n) is 2.66. The van der Waals surface area contributed by atoms with Gasteiger partial charge in [0.2, 0.25) is 10.0 Å². The van der Waals surface area contributed by atoms with E-state index in [1.54, 1.807) is 36.4 Å². The van der Waals surface area contributed by atoms with Crippen LogP contribution in [0.3, 0.4) is 0 Å². The van der Waals surface area contributed by atoms with E-state index in [9.17, 15) is 17.6 Å². The molecule has 0 bridgehead atoms. The Morgan fingerprint density at radius 2 is 1.75 bits per heavy atom. The highest BCUT2D eigenvalue weighted by Crippen LogP contribution is 2.15. The van der Waals surface area contributed by atoms with Crippen LogP contribution in [0.5, 0.6) is 0 Å². The van der Waals surface area contributed by atoms with Gasteiger partial charge in [-0.15, -0.1) is 0 Å². The summed E-state index contributed by atoms with van der Waals surface area (Å²) in [5.41, 5.74) is 1.79. The first-order valence-electron chi connectivity index (χ1n) is 8.80. The topological polar surface area (TPSA) is 81.1 Å². The Bertz CT molecular complexity index is 1110. The zero-order valence-electron chi connectivity index (χ0n) is 15.3. The highest BCUT2D eigenvalue weighted by Gasteiger charge is 2.13. The minimum atomic E-state index is -3.64. The Morgan fingerprint density at radius 1 is 1.07 bits per heavy atom. The Labute approximate surface area is 162 Å². The van der Waals surface area contributed by atoms with E-state index in [1.807, 2.05) is 6.92 Å². The number of nitrogens with one attached hydrogen (secondary N) is 1. The minimum Gasteiger partial charge on any atom is -0.298 e. The van der Waals surface area contributed by atoms with Crippen LogP contribution in [-0.4, -0.2) is 24.5 Å². The lowest BCUT2D eigenvalue weighted by Gasteiger charge is -2.09. The van der Waals surface area contributed by atoms with E-state index >= 15 is 0 Å². The molecule has 3 aromatic rings. The second-order valence-electron chi connectivity index (χ2n) is 6.21. The van der Waals surface area contributed by atoms with Crippen molar-refractivity contribution in [3.63, 3.8) is 0 Å². The summed E-state index contributed by atoms with van der Waals surface area (Å²) in [5, 5.41) is 0. The summed E-state index contributed by atoms with van der Waals surface area (Å²) >= 11 is 0. The molecule has 2 aromatic carbocycles. The van der Waals surface area contributed by atoms with Crippen LogP contribution < -0.4 is 10.3 Å². The summed E-state index contributed by atoms with van der Waals surface area (Å²) in [6.45, 7) is 2.19. The third-order valence-corrected chi connectivity index (χ3v) is 5.78. The van der Waals surface area contributed by atoms with E-state index in [2.05, 4.69) is 9.71 Å². The van der Waals surface area contributed by atoms with Crippen molar-refractivity contribution in [3.8, 4) is 11.3 Å². The standard InChI is InChI=1S/C20H20FN3O3S/c1-2-15-3-9-18(10-4-15)28(26,27)23-11-12-24-14-22-19(13-20(24)25)16-5-7-17(21)8-6-16/h3-10,13-14,23H,2,11-12H2,1H3. The average Bonchev–Trinajstić information content (AvgIpc) is 2.70. The molecule has 0 aliphatic carbocycles. The molecule has 1 aromatic heterocycles. The molecule has 0 aliphatic heterocycles. The summed E-state index contributed by atoms with van der Waals surface area (Å²) in [5.74, 6) is -0.367. The maximum absolute atomic E-state index is 13.0. The van der Waals surface area contributed by atoms with Crippen LogP contribution in [0.15, 0.2) is 70.6 Å². The van der Waals surface area contributed by atoms with E-state index in [0.29, 0.717) is 11.3 Å². The van der Waals surface area contributed by atoms with Crippen LogP contribution >= 0.6 is 0 Å². The molecule has 3 rings (SSSR count). The Hall–Kier alpha value is -2.84. The fraction of sp³-hybridized carbons (Fsp3) is 0.200. The van der Waals surface area contributed by atoms with Crippen LogP contribution in [0.2, 0.25) is 0 Å². The average molecular weight is 401 g/mol. The first kappa shape index (κ1) is 19.9. The van der Waals surface area contributed by atoms with Gasteiger partial charge in [0.05, 0.1) is 16.9 Å². The molecule has 6 nitrogen and oxygen atoms in total. The summed E-state index contributed by atoms with van der Waals surface area (Å²) in [7, 11) is -3.64. The molecule has 0 fully saturated rings. The van der Waals surface area contributed by atoms with E-state index in [1.165, 1.54) is 29.1 Å². The third-order valence-electron chi connectivity index (χ3n) is 4.31. The Kier molecular flexibility index (Phi) is 6.01. The quantitative estimate of drug-likeness (QED) is 0.660. The van der Waals surface area contributed by atoms with Crippen molar-refractivity contribution in [1.29, 1.82) is 0 Å². The first-order chi connectivity index (χ1) is 13.4. The Balaban J connectivity index is 1.65. The minimum absolute atomic E-state index is 0.0509. The molecular formula is C20H20FN3O3S. The van der Waals surface area contributed by atoms with Gasteiger partial charge in [-0.25, -0.2) is 22.5 Å². The van der Waals surface area contributed by atoms with Crippen molar-refractivity contribution in [3.05, 3.63) is 82.7 Å². The van der Waals surface area contributed by atoms with Crippen molar-refractivity contribution < 1.29 is 12.8 Å². The van der Waals surface area contributed by atoms with Crippen molar-refractivity contribution >= 4 is 10.0 Å². The van der Waals surface area contributed by atoms with E-state index in [-0.39, 0.29) is 29.4 Å². The van der Waals surface area contributed by atoms with Gasteiger partial charge >= 0.3 is 0 Å². The molecule has 146 valence electrons. The molecule has 0 aliphatic rings. The third kappa shape index (κ3) is 4.71. The number of sulfonamides is 1. The second-order valence-corrected chi connectivity index (χ2v) is 7.97. The molecule has 28 heavy (non-hydrogen) atoms. The van der Waals surface area contributed by atoms with Gasteiger partial charge in [-0.2, -0.15) is 0 Å². The molecule has 8 heteroatoms. The summed E-state index contributed by atoms with van der Waals surface area (Å²) in [4.78, 5) is 16.6. The normalized spacial score (nSPS) is 11.5. The number of halogens is 1. The molecule has 0 unspecified atom stereocenters. The smallest absolute Gasteiger partial charge is 0.253 e. The maximum atomic E-state index is 13.0. The van der Waals surface area contributed by atoms with Crippen molar-refractivity contribution in [2.24, 2.45) is 0 Å². The van der Waals surface area contributed by atoms with Gasteiger partial charge in [0.1, 0.15) is 5.82 Å². The zero-order valence-corrected chi connectivity index (χ0v) is 16.1. The second kappa shape index (κ2) is 8.45. The molecule has 0 saturated carbocycles. The molecule has 0 saturated heterocycles. The van der Waals surface area contributed by atoms with E-state index in [0.717, 1.165) is 12.0 Å². The largest absolute Gasteiger partial charge is 0.298 e. The van der Waals surface area contributed by atoms with Crippen LogP contribution in [-0.2, 0) is 23.0 Å². The number of hydrogen-bond acceptors (Lipinski definition) is 4. The lowest BCUT2D eigenvalue weighted by molar-refractivity contribution is 0.569. The molecule has 0 atom stereocenters. The van der Waals surface area contributed by atoms with Crippen LogP contribution in [0.4, 0.5) is 4.39 Å². The molecule has 1 heterocycles. The van der Waals surface area contributed by atoms with E-state index in [4.69, 9.17) is 0 Å². The molecule has 1 N–H and O–H groups in total. The van der Waals surface area contributed by atoms with Gasteiger partial charge in [0, 0.05) is 24.7 Å². The van der Waals surface area contributed by atoms with Crippen molar-refractivity contribution in [1.82, 2.24) is 14.3 Å². The Morgan fingerprint density at radius 3 is 2.36 bits per heavy atom. The lowest BCUT2D eigenvalue weighted by Crippen LogP contribution is -2.30. The van der Waals surface area contributed by atoms with Gasteiger partial charge in [-0.3, -0.25) is 9.36 Å². The van der Waals surface area contributed by atoms with Crippen molar-refractivity contribution in [2.75, 3.05) is 6.54 Å². The first-order valence-corrected chi connectivity index (χ1v) is 10.3. The predicted octanol–water partition coefficient (Wildman–Crippen LogP) is 2.59. The number of nitrogens with zero attached hydrogens (tertiary/aromatic N) is 2. The fourth-order valence-corrected chi connectivity index (χ4v) is 3.68. The van der Waals surface area contributed by atoms with Crippen molar-refractivity contribution in [2.45, 2.75) is 24.8 Å². The van der Waals surface area contributed by atoms with Crippen LogP contribution in [0, 0.1) is 5.82 Å². The van der Waals surface area contributed by atoms with Crippen LogP contribution in [0.1, 0.15) is 12.5 Å². The highest BCUT2D eigenvalue weighted by molar-refractivity contribution is 7.89. The maximum Gasteiger partial charge on any atom is 0.253 e. The molecular weight excluding hydrogens is 381 g/mol. The van der Waals surface area contributed by atoms with Gasteiger partial charge in [0.25, 0.3) is 5.56 Å². The number of hydrogen-bond donors (Lipinski definition) is 1. The lowest BCUT2D eigenvalue weighted by atomic mass is 10.1. The summed E-state index contributed by atoms with van der Waals surface area (Å²) in [6.07, 6.45) is 2.18. The van der Waals surface area contributed by atoms with Crippen LogP contribution in [0.25, 0.3) is 11.3 Å². The number of benzene rings is 2. The number of rotatable bonds is 7. The predicted molar refractivity (Wildman–Crippen MR) is 105 cm³/mol. The van der Waals surface area contributed by atoms with E-state index < -0.39 is 10.0 Å². The summed E-state index contributed by atoms with van der Waals surface area (Å²) in [6, 6.07) is 13.7. The SMILES string of the molecule is CCc1ccc(S(=O)(=O)NCCn2cnc(-c3ccc(F)cc3)cc2=O)cc1. The summed E-state index contributed by atoms with van der Waals surface area (Å²) < 4.78 is 41.5. The molecule has 0 radical (unpaired) electrons. The van der Waals surface area contributed by atoms with Gasteiger partial charge in [-0.1, -0.05) is 19.1 Å². The van der Waals surface area contributed by atoms with Gasteiger partial charge in [-0.05, 0) is 48.4 Å². The zero-order chi connectivity index (χ0) is 20.1. The number of aromatic nitrogens is 2. The highest BCUT2D eigenvalue weighted by atomic mass is 32.2. The van der Waals surface area contributed by atoms with Gasteiger partial charge < -0.3 is 0 Å².